The number of rotatable bonds is 6. The number of para-hydroxylation sites is 5. The predicted octanol–water partition coefficient (Wildman–Crippen LogP) is 15.0. The third kappa shape index (κ3) is 5.26. The van der Waals surface area contributed by atoms with Crippen molar-refractivity contribution in [3.05, 3.63) is 223 Å². The molecule has 12 aromatic rings. The van der Waals surface area contributed by atoms with Gasteiger partial charge in [-0.25, -0.2) is 4.98 Å². The highest BCUT2D eigenvalue weighted by atomic mass is 15.2. The minimum Gasteiger partial charge on any atom is -0.310 e. The van der Waals surface area contributed by atoms with E-state index in [0.717, 1.165) is 67.3 Å². The van der Waals surface area contributed by atoms with Gasteiger partial charge in [0.2, 0.25) is 5.78 Å². The van der Waals surface area contributed by atoms with Crippen LogP contribution in [0.15, 0.2) is 212 Å². The first-order chi connectivity index (χ1) is 31.0. The van der Waals surface area contributed by atoms with Gasteiger partial charge in [-0.3, -0.25) is 8.97 Å². The topological polar surface area (TPSA) is 30.4 Å². The number of benzene rings is 9. The second-order valence-electron chi connectivity index (χ2n) is 17.3. The lowest BCUT2D eigenvalue weighted by Crippen LogP contribution is -2.16. The van der Waals surface area contributed by atoms with Crippen molar-refractivity contribution < 1.29 is 0 Å². The van der Waals surface area contributed by atoms with Crippen molar-refractivity contribution in [1.29, 1.82) is 0 Å². The van der Waals surface area contributed by atoms with Crippen LogP contribution < -0.4 is 4.90 Å². The van der Waals surface area contributed by atoms with Gasteiger partial charge in [0.25, 0.3) is 0 Å². The van der Waals surface area contributed by atoms with Gasteiger partial charge in [-0.05, 0) is 130 Å². The maximum atomic E-state index is 5.22. The normalized spacial score (nSPS) is 13.0. The van der Waals surface area contributed by atoms with Gasteiger partial charge in [0, 0.05) is 44.6 Å². The maximum absolute atomic E-state index is 5.22. The molecule has 13 rings (SSSR count). The predicted molar refractivity (Wildman–Crippen MR) is 262 cm³/mol. The Morgan fingerprint density at radius 1 is 0.397 bits per heavy atom. The molecule has 3 heterocycles. The molecule has 1 aliphatic rings. The van der Waals surface area contributed by atoms with Gasteiger partial charge in [-0.1, -0.05) is 129 Å². The fraction of sp³-hybridized carbons (Fsp3) is 0.0517. The van der Waals surface area contributed by atoms with E-state index in [2.05, 4.69) is 245 Å². The van der Waals surface area contributed by atoms with Crippen LogP contribution in [-0.2, 0) is 5.41 Å². The van der Waals surface area contributed by atoms with Crippen LogP contribution in [0.25, 0.3) is 83.3 Å². The van der Waals surface area contributed by atoms with Crippen LogP contribution in [0.1, 0.15) is 25.0 Å². The largest absolute Gasteiger partial charge is 0.310 e. The number of imidazole rings is 2. The van der Waals surface area contributed by atoms with E-state index in [1.807, 2.05) is 0 Å². The number of hydrogen-bond donors (Lipinski definition) is 0. The third-order valence-corrected chi connectivity index (χ3v) is 13.4. The molecule has 0 bridgehead atoms. The summed E-state index contributed by atoms with van der Waals surface area (Å²) in [7, 11) is 0. The van der Waals surface area contributed by atoms with Crippen LogP contribution in [0.2, 0.25) is 0 Å². The van der Waals surface area contributed by atoms with Crippen molar-refractivity contribution in [2.24, 2.45) is 0 Å². The molecular weight excluding hydrogens is 767 g/mol. The summed E-state index contributed by atoms with van der Waals surface area (Å²) in [6, 6.07) is 77.2. The average molecular weight is 808 g/mol. The van der Waals surface area contributed by atoms with Crippen LogP contribution in [0.4, 0.5) is 17.1 Å². The van der Waals surface area contributed by atoms with Crippen molar-refractivity contribution in [2.45, 2.75) is 19.3 Å². The van der Waals surface area contributed by atoms with Crippen LogP contribution in [-0.4, -0.2) is 18.5 Å². The minimum atomic E-state index is -0.136. The Morgan fingerprint density at radius 2 is 0.984 bits per heavy atom. The lowest BCUT2D eigenvalue weighted by molar-refractivity contribution is 0.660. The second-order valence-corrected chi connectivity index (χ2v) is 17.3. The number of aromatic nitrogens is 4. The molecular formula is C58H41N5. The Hall–Kier alpha value is -8.15. The summed E-state index contributed by atoms with van der Waals surface area (Å²) >= 11 is 0. The van der Waals surface area contributed by atoms with Gasteiger partial charge >= 0.3 is 0 Å². The Labute approximate surface area is 365 Å². The van der Waals surface area contributed by atoms with Crippen LogP contribution in [0, 0.1) is 0 Å². The molecule has 0 aliphatic heterocycles. The fourth-order valence-corrected chi connectivity index (χ4v) is 10.5. The van der Waals surface area contributed by atoms with Crippen molar-refractivity contribution >= 4 is 66.7 Å². The van der Waals surface area contributed by atoms with Crippen LogP contribution in [0.3, 0.4) is 0 Å². The van der Waals surface area contributed by atoms with Gasteiger partial charge < -0.3 is 9.47 Å². The molecule has 0 fully saturated rings. The zero-order valence-electron chi connectivity index (χ0n) is 34.9. The lowest BCUT2D eigenvalue weighted by atomic mass is 9.82. The molecule has 9 aromatic carbocycles. The van der Waals surface area contributed by atoms with E-state index in [-0.39, 0.29) is 5.41 Å². The molecule has 0 radical (unpaired) electrons. The summed E-state index contributed by atoms with van der Waals surface area (Å²) in [4.78, 5) is 7.65. The van der Waals surface area contributed by atoms with Crippen molar-refractivity contribution in [1.82, 2.24) is 18.5 Å². The van der Waals surface area contributed by atoms with E-state index in [1.165, 1.54) is 44.2 Å². The number of hydrogen-bond acceptors (Lipinski definition) is 2. The molecule has 63 heavy (non-hydrogen) atoms. The summed E-state index contributed by atoms with van der Waals surface area (Å²) in [6.07, 6.45) is 0. The standard InChI is InChI=1S/C58H41N5/c1-58(2)49-20-10-9-19-45(49)46-32-29-44(37-50(46)58)60(41-27-25-39(26-28-41)38-15-5-3-6-16-38)42-30-33-52-47(35-42)48-36-43(31-34-53(48)61(52)40-17-7-4-8-18-40)62-55-23-13-14-24-56(55)63-54-22-12-11-21-51(54)59-57(62)63/h3-37H,1-2H3. The Kier molecular flexibility index (Phi) is 7.58. The molecule has 0 unspecified atom stereocenters. The second kappa shape index (κ2) is 13.4. The summed E-state index contributed by atoms with van der Waals surface area (Å²) in [5.41, 5.74) is 19.7. The average Bonchev–Trinajstić information content (AvgIpc) is 4.04. The Balaban J connectivity index is 1.05. The molecule has 0 N–H and O–H groups in total. The highest BCUT2D eigenvalue weighted by Crippen LogP contribution is 2.51. The number of anilines is 3. The summed E-state index contributed by atoms with van der Waals surface area (Å²) in [6.45, 7) is 4.71. The van der Waals surface area contributed by atoms with Gasteiger partial charge in [-0.15, -0.1) is 0 Å². The van der Waals surface area contributed by atoms with E-state index in [0.29, 0.717) is 0 Å². The highest BCUT2D eigenvalue weighted by molar-refractivity contribution is 6.11. The lowest BCUT2D eigenvalue weighted by Gasteiger charge is -2.28. The molecule has 3 aromatic heterocycles. The quantitative estimate of drug-likeness (QED) is 0.168. The smallest absolute Gasteiger partial charge is 0.220 e. The molecule has 0 atom stereocenters. The summed E-state index contributed by atoms with van der Waals surface area (Å²) in [5, 5.41) is 2.35. The van der Waals surface area contributed by atoms with Crippen molar-refractivity contribution in [2.75, 3.05) is 4.90 Å². The molecule has 5 nitrogen and oxygen atoms in total. The first-order valence-electron chi connectivity index (χ1n) is 21.7. The SMILES string of the molecule is CC1(C)c2ccccc2-c2ccc(N(c3ccc(-c4ccccc4)cc3)c3ccc4c(c3)c3cc(-n5c6ccccc6n6c7ccccc7nc56)ccc3n4-c3ccccc3)cc21. The van der Waals surface area contributed by atoms with E-state index in [1.54, 1.807) is 0 Å². The monoisotopic (exact) mass is 807 g/mol. The first kappa shape index (κ1) is 35.6. The summed E-state index contributed by atoms with van der Waals surface area (Å²) in [5.74, 6) is 0.899. The van der Waals surface area contributed by atoms with Gasteiger partial charge in [0.1, 0.15) is 0 Å². The zero-order chi connectivity index (χ0) is 41.8. The third-order valence-electron chi connectivity index (χ3n) is 13.4. The molecule has 0 spiro atoms. The van der Waals surface area contributed by atoms with E-state index in [9.17, 15) is 0 Å². The summed E-state index contributed by atoms with van der Waals surface area (Å²) < 4.78 is 7.01. The van der Waals surface area contributed by atoms with Crippen LogP contribution in [0.5, 0.6) is 0 Å². The molecule has 0 amide bonds. The zero-order valence-corrected chi connectivity index (χ0v) is 34.9. The fourth-order valence-electron chi connectivity index (χ4n) is 10.5. The van der Waals surface area contributed by atoms with E-state index >= 15 is 0 Å². The van der Waals surface area contributed by atoms with Crippen molar-refractivity contribution in [3.63, 3.8) is 0 Å². The van der Waals surface area contributed by atoms with Gasteiger partial charge in [0.15, 0.2) is 0 Å². The minimum absolute atomic E-state index is 0.136. The number of fused-ring (bicyclic) bond motifs is 11. The molecule has 1 aliphatic carbocycles. The molecule has 0 saturated heterocycles. The molecule has 0 saturated carbocycles. The van der Waals surface area contributed by atoms with Gasteiger partial charge in [0.05, 0.1) is 33.1 Å². The molecule has 298 valence electrons. The maximum Gasteiger partial charge on any atom is 0.220 e. The highest BCUT2D eigenvalue weighted by Gasteiger charge is 2.36. The Bertz CT molecular complexity index is 3760. The van der Waals surface area contributed by atoms with Gasteiger partial charge in [-0.2, -0.15) is 0 Å². The molecule has 5 heteroatoms. The van der Waals surface area contributed by atoms with E-state index in [4.69, 9.17) is 4.98 Å². The van der Waals surface area contributed by atoms with Crippen molar-refractivity contribution in [3.8, 4) is 33.6 Å². The first-order valence-corrected chi connectivity index (χ1v) is 21.7. The van der Waals surface area contributed by atoms with E-state index < -0.39 is 0 Å². The van der Waals surface area contributed by atoms with Crippen LogP contribution >= 0.6 is 0 Å². The Morgan fingerprint density at radius 3 is 1.79 bits per heavy atom. The number of nitrogens with zero attached hydrogens (tertiary/aromatic N) is 5.